The molecule has 0 radical (unpaired) electrons. The number of nitrogen functional groups attached to an aromatic ring is 1. The van der Waals surface area contributed by atoms with Crippen LogP contribution in [0.15, 0.2) is 28.7 Å². The lowest BCUT2D eigenvalue weighted by atomic mass is 10.3. The van der Waals surface area contributed by atoms with Crippen LogP contribution in [0.25, 0.3) is 0 Å². The zero-order valence-corrected chi connectivity index (χ0v) is 10.4. The summed E-state index contributed by atoms with van der Waals surface area (Å²) < 4.78 is 39.5. The molecule has 0 aliphatic carbocycles. The summed E-state index contributed by atoms with van der Waals surface area (Å²) in [4.78, 5) is 3.53. The zero-order chi connectivity index (χ0) is 13.3. The number of halogens is 4. The number of nitrogens with zero attached hydrogens (tertiary/aromatic N) is 1. The zero-order valence-electron chi connectivity index (χ0n) is 8.85. The van der Waals surface area contributed by atoms with Crippen molar-refractivity contribution >= 4 is 33.3 Å². The Hall–Kier alpha value is -1.76. The van der Waals surface area contributed by atoms with Crippen LogP contribution in [0, 0.1) is 17.5 Å². The predicted molar refractivity (Wildman–Crippen MR) is 65.9 cm³/mol. The van der Waals surface area contributed by atoms with Crippen LogP contribution in [0.2, 0.25) is 0 Å². The number of nitrogens with one attached hydrogen (secondary N) is 1. The van der Waals surface area contributed by atoms with Gasteiger partial charge >= 0.3 is 0 Å². The first-order valence-corrected chi connectivity index (χ1v) is 5.60. The molecule has 1 aromatic carbocycles. The van der Waals surface area contributed by atoms with Crippen LogP contribution in [0.3, 0.4) is 0 Å². The first-order valence-electron chi connectivity index (χ1n) is 4.81. The molecule has 3 nitrogen and oxygen atoms in total. The van der Waals surface area contributed by atoms with Gasteiger partial charge in [0.2, 0.25) is 0 Å². The second kappa shape index (κ2) is 4.85. The highest BCUT2D eigenvalue weighted by atomic mass is 79.9. The molecule has 0 saturated carbocycles. The Labute approximate surface area is 109 Å². The van der Waals surface area contributed by atoms with Gasteiger partial charge in [-0.15, -0.1) is 0 Å². The Balaban J connectivity index is 2.34. The number of hydrogen-bond acceptors (Lipinski definition) is 3. The van der Waals surface area contributed by atoms with Crippen LogP contribution in [-0.2, 0) is 0 Å². The second-order valence-electron chi connectivity index (χ2n) is 3.44. The van der Waals surface area contributed by atoms with Gasteiger partial charge in [0, 0.05) is 11.8 Å². The quantitative estimate of drug-likeness (QED) is 0.890. The maximum atomic E-state index is 13.4. The van der Waals surface area contributed by atoms with Gasteiger partial charge in [0.1, 0.15) is 5.82 Å². The highest BCUT2D eigenvalue weighted by Crippen LogP contribution is 2.24. The standard InChI is InChI=1S/C11H7BrF3N3/c12-6-3-5(1-2-7(6)13)17-11-9(15)4-8(14)10(16)18-11/h1-4H,(H3,16,17,18). The molecule has 0 spiro atoms. The third-order valence-corrected chi connectivity index (χ3v) is 2.75. The molecule has 3 N–H and O–H groups in total. The summed E-state index contributed by atoms with van der Waals surface area (Å²) >= 11 is 2.99. The number of aromatic nitrogens is 1. The van der Waals surface area contributed by atoms with Crippen LogP contribution < -0.4 is 11.1 Å². The van der Waals surface area contributed by atoms with Crippen molar-refractivity contribution in [3.8, 4) is 0 Å². The lowest BCUT2D eigenvalue weighted by Crippen LogP contribution is -2.03. The highest BCUT2D eigenvalue weighted by molar-refractivity contribution is 9.10. The van der Waals surface area contributed by atoms with Gasteiger partial charge in [-0.2, -0.15) is 0 Å². The summed E-state index contributed by atoms with van der Waals surface area (Å²) in [5.41, 5.74) is 5.62. The van der Waals surface area contributed by atoms with Crippen molar-refractivity contribution in [2.75, 3.05) is 11.1 Å². The van der Waals surface area contributed by atoms with E-state index in [0.29, 0.717) is 11.8 Å². The summed E-state index contributed by atoms with van der Waals surface area (Å²) in [6.07, 6.45) is 0. The van der Waals surface area contributed by atoms with Gasteiger partial charge in [-0.3, -0.25) is 0 Å². The molecule has 0 aliphatic heterocycles. The first-order chi connectivity index (χ1) is 8.47. The molecule has 0 saturated heterocycles. The first kappa shape index (κ1) is 12.7. The Bertz CT molecular complexity index is 604. The van der Waals surface area contributed by atoms with E-state index in [1.165, 1.54) is 18.2 Å². The Morgan fingerprint density at radius 2 is 1.78 bits per heavy atom. The number of anilines is 3. The number of benzene rings is 1. The van der Waals surface area contributed by atoms with Crippen molar-refractivity contribution in [1.82, 2.24) is 4.98 Å². The topological polar surface area (TPSA) is 50.9 Å². The van der Waals surface area contributed by atoms with Crippen LogP contribution >= 0.6 is 15.9 Å². The predicted octanol–water partition coefficient (Wildman–Crippen LogP) is 3.59. The smallest absolute Gasteiger partial charge is 0.169 e. The molecule has 7 heteroatoms. The fraction of sp³-hybridized carbons (Fsp3) is 0. The Kier molecular flexibility index (Phi) is 3.42. The molecule has 1 aromatic heterocycles. The highest BCUT2D eigenvalue weighted by Gasteiger charge is 2.10. The van der Waals surface area contributed by atoms with Crippen LogP contribution in [0.1, 0.15) is 0 Å². The van der Waals surface area contributed by atoms with Crippen molar-refractivity contribution in [2.45, 2.75) is 0 Å². The molecular weight excluding hydrogens is 311 g/mol. The Morgan fingerprint density at radius 1 is 1.06 bits per heavy atom. The molecule has 0 atom stereocenters. The van der Waals surface area contributed by atoms with Gasteiger partial charge < -0.3 is 11.1 Å². The van der Waals surface area contributed by atoms with E-state index in [4.69, 9.17) is 5.73 Å². The lowest BCUT2D eigenvalue weighted by molar-refractivity contribution is 0.581. The molecule has 0 fully saturated rings. The molecule has 0 bridgehead atoms. The van der Waals surface area contributed by atoms with Gasteiger partial charge in [0.05, 0.1) is 4.47 Å². The maximum Gasteiger partial charge on any atom is 0.169 e. The van der Waals surface area contributed by atoms with E-state index in [0.717, 1.165) is 0 Å². The van der Waals surface area contributed by atoms with Crippen molar-refractivity contribution < 1.29 is 13.2 Å². The van der Waals surface area contributed by atoms with E-state index in [9.17, 15) is 13.2 Å². The van der Waals surface area contributed by atoms with Crippen LogP contribution in [0.4, 0.5) is 30.5 Å². The van der Waals surface area contributed by atoms with Gasteiger partial charge in [-0.05, 0) is 34.1 Å². The van der Waals surface area contributed by atoms with E-state index >= 15 is 0 Å². The van der Waals surface area contributed by atoms with E-state index in [2.05, 4.69) is 26.2 Å². The molecule has 2 aromatic rings. The maximum absolute atomic E-state index is 13.4. The fourth-order valence-electron chi connectivity index (χ4n) is 1.28. The minimum atomic E-state index is -0.932. The van der Waals surface area contributed by atoms with Gasteiger partial charge in [-0.1, -0.05) is 0 Å². The van der Waals surface area contributed by atoms with Crippen molar-refractivity contribution in [3.63, 3.8) is 0 Å². The van der Waals surface area contributed by atoms with Crippen molar-refractivity contribution in [2.24, 2.45) is 0 Å². The SMILES string of the molecule is Nc1nc(Nc2ccc(F)c(Br)c2)c(F)cc1F. The normalized spacial score (nSPS) is 10.4. The lowest BCUT2D eigenvalue weighted by Gasteiger charge is -2.08. The molecule has 0 amide bonds. The number of rotatable bonds is 2. The van der Waals surface area contributed by atoms with E-state index in [1.807, 2.05) is 0 Å². The molecule has 0 unspecified atom stereocenters. The summed E-state index contributed by atoms with van der Waals surface area (Å²) in [7, 11) is 0. The number of hydrogen-bond donors (Lipinski definition) is 2. The van der Waals surface area contributed by atoms with Crippen LogP contribution in [0.5, 0.6) is 0 Å². The molecule has 18 heavy (non-hydrogen) atoms. The average Bonchev–Trinajstić information content (AvgIpc) is 2.31. The van der Waals surface area contributed by atoms with E-state index in [-0.39, 0.29) is 10.3 Å². The summed E-state index contributed by atoms with van der Waals surface area (Å²) in [6.45, 7) is 0. The van der Waals surface area contributed by atoms with Crippen LogP contribution in [-0.4, -0.2) is 4.98 Å². The Morgan fingerprint density at radius 3 is 2.44 bits per heavy atom. The third kappa shape index (κ3) is 2.56. The minimum Gasteiger partial charge on any atom is -0.381 e. The monoisotopic (exact) mass is 317 g/mol. The minimum absolute atomic E-state index is 0.211. The number of pyridine rings is 1. The van der Waals surface area contributed by atoms with E-state index in [1.54, 1.807) is 0 Å². The second-order valence-corrected chi connectivity index (χ2v) is 4.29. The summed E-state index contributed by atoms with van der Waals surface area (Å²) in [5.74, 6) is -2.92. The fourth-order valence-corrected chi connectivity index (χ4v) is 1.66. The molecule has 2 rings (SSSR count). The molecular formula is C11H7BrF3N3. The van der Waals surface area contributed by atoms with Gasteiger partial charge in [-0.25, -0.2) is 18.2 Å². The molecule has 0 aliphatic rings. The van der Waals surface area contributed by atoms with Gasteiger partial charge in [0.15, 0.2) is 23.3 Å². The average molecular weight is 318 g/mol. The summed E-state index contributed by atoms with van der Waals surface area (Å²) in [6, 6.07) is 4.61. The van der Waals surface area contributed by atoms with Gasteiger partial charge in [0.25, 0.3) is 0 Å². The van der Waals surface area contributed by atoms with Crippen molar-refractivity contribution in [3.05, 3.63) is 46.2 Å². The molecule has 1 heterocycles. The van der Waals surface area contributed by atoms with Crippen molar-refractivity contribution in [1.29, 1.82) is 0 Å². The molecule has 94 valence electrons. The largest absolute Gasteiger partial charge is 0.381 e. The number of nitrogens with two attached hydrogens (primary N) is 1. The summed E-state index contributed by atoms with van der Waals surface area (Å²) in [5, 5.41) is 2.58. The third-order valence-electron chi connectivity index (χ3n) is 2.14. The van der Waals surface area contributed by atoms with E-state index < -0.39 is 23.3 Å².